The van der Waals surface area contributed by atoms with Crippen LogP contribution in [0.15, 0.2) is 5.11 Å². The number of amides is 3. The molecular formula is C11H21N5O3. The quantitative estimate of drug-likeness (QED) is 0.354. The first kappa shape index (κ1) is 17.1. The third-order valence-corrected chi connectivity index (χ3v) is 1.83. The second kappa shape index (κ2) is 7.48. The number of nitrogens with one attached hydrogen (secondary N) is 2. The Morgan fingerprint density at radius 1 is 1.32 bits per heavy atom. The average molecular weight is 271 g/mol. The van der Waals surface area contributed by atoms with E-state index in [1.807, 2.05) is 13.8 Å². The molecule has 8 heteroatoms. The standard InChI is InChI=1S/C11H21N5O3/c1-7(2)6-8(13-9(17)15-16-12)14-10(18)19-11(3,4)5/h7-8H,6H2,1-5H3,(H,13,17)(H,14,18)/t8-/m0/s1. The predicted molar refractivity (Wildman–Crippen MR) is 70.3 cm³/mol. The lowest BCUT2D eigenvalue weighted by Crippen LogP contribution is -2.49. The highest BCUT2D eigenvalue weighted by Crippen LogP contribution is 2.08. The molecule has 0 heterocycles. The van der Waals surface area contributed by atoms with Crippen molar-refractivity contribution in [1.29, 1.82) is 0 Å². The summed E-state index contributed by atoms with van der Waals surface area (Å²) in [5.74, 6) is 0.228. The number of urea groups is 1. The van der Waals surface area contributed by atoms with E-state index >= 15 is 0 Å². The van der Waals surface area contributed by atoms with Gasteiger partial charge in [0.25, 0.3) is 0 Å². The van der Waals surface area contributed by atoms with Gasteiger partial charge >= 0.3 is 12.1 Å². The number of ether oxygens (including phenoxy) is 1. The van der Waals surface area contributed by atoms with Crippen molar-refractivity contribution in [2.24, 2.45) is 11.0 Å². The second-order valence-electron chi connectivity index (χ2n) is 5.47. The van der Waals surface area contributed by atoms with E-state index in [0.717, 1.165) is 0 Å². The number of rotatable bonds is 4. The summed E-state index contributed by atoms with van der Waals surface area (Å²) < 4.78 is 5.09. The molecule has 108 valence electrons. The number of alkyl carbamates (subject to hydrolysis) is 1. The van der Waals surface area contributed by atoms with Crippen LogP contribution in [0.3, 0.4) is 0 Å². The van der Waals surface area contributed by atoms with E-state index in [9.17, 15) is 9.59 Å². The van der Waals surface area contributed by atoms with Crippen LogP contribution < -0.4 is 10.6 Å². The van der Waals surface area contributed by atoms with Gasteiger partial charge in [0.1, 0.15) is 11.8 Å². The molecule has 0 rings (SSSR count). The van der Waals surface area contributed by atoms with Gasteiger partial charge in [-0.15, -0.1) is 0 Å². The first-order valence-electron chi connectivity index (χ1n) is 5.99. The SMILES string of the molecule is CC(C)C[C@@H](NC(=O)N=[N+]=[N-])NC(=O)OC(C)(C)C. The average Bonchev–Trinajstić information content (AvgIpc) is 2.12. The minimum Gasteiger partial charge on any atom is -0.444 e. The Labute approximate surface area is 112 Å². The van der Waals surface area contributed by atoms with Gasteiger partial charge in [-0.25, -0.2) is 4.79 Å². The molecule has 0 aromatic heterocycles. The third-order valence-electron chi connectivity index (χ3n) is 1.83. The van der Waals surface area contributed by atoms with Crippen LogP contribution in [-0.4, -0.2) is 23.9 Å². The van der Waals surface area contributed by atoms with Gasteiger partial charge in [0.05, 0.1) is 0 Å². The molecule has 0 aliphatic heterocycles. The van der Waals surface area contributed by atoms with Gasteiger partial charge in [0.2, 0.25) is 0 Å². The summed E-state index contributed by atoms with van der Waals surface area (Å²) in [4.78, 5) is 25.2. The van der Waals surface area contributed by atoms with Gasteiger partial charge < -0.3 is 15.4 Å². The molecular weight excluding hydrogens is 250 g/mol. The summed E-state index contributed by atoms with van der Waals surface area (Å²) in [6, 6.07) is -0.843. The van der Waals surface area contributed by atoms with Crippen LogP contribution >= 0.6 is 0 Å². The Balaban J connectivity index is 4.54. The molecule has 19 heavy (non-hydrogen) atoms. The number of nitrogens with zero attached hydrogens (tertiary/aromatic N) is 3. The molecule has 2 N–H and O–H groups in total. The van der Waals surface area contributed by atoms with Crippen molar-refractivity contribution >= 4 is 12.1 Å². The maximum Gasteiger partial charge on any atom is 0.409 e. The third kappa shape index (κ3) is 9.72. The van der Waals surface area contributed by atoms with Gasteiger partial charge in [0.15, 0.2) is 0 Å². The molecule has 3 amide bonds. The molecule has 0 radical (unpaired) electrons. The fraction of sp³-hybridized carbons (Fsp3) is 0.818. The minimum atomic E-state index is -0.843. The van der Waals surface area contributed by atoms with Crippen molar-refractivity contribution in [3.05, 3.63) is 10.4 Å². The Morgan fingerprint density at radius 2 is 1.89 bits per heavy atom. The number of azide groups is 1. The Kier molecular flexibility index (Phi) is 6.71. The maximum atomic E-state index is 11.6. The van der Waals surface area contributed by atoms with Gasteiger partial charge in [-0.2, -0.15) is 0 Å². The fourth-order valence-electron chi connectivity index (χ4n) is 1.29. The van der Waals surface area contributed by atoms with Crippen LogP contribution in [-0.2, 0) is 4.74 Å². The molecule has 1 atom stereocenters. The van der Waals surface area contributed by atoms with Crippen LogP contribution in [0, 0.1) is 5.92 Å². The lowest BCUT2D eigenvalue weighted by Gasteiger charge is -2.24. The predicted octanol–water partition coefficient (Wildman–Crippen LogP) is 2.90. The Morgan fingerprint density at radius 3 is 2.32 bits per heavy atom. The molecule has 0 saturated heterocycles. The van der Waals surface area contributed by atoms with Crippen molar-refractivity contribution in [2.45, 2.75) is 52.8 Å². The highest BCUT2D eigenvalue weighted by molar-refractivity contribution is 5.76. The van der Waals surface area contributed by atoms with E-state index in [0.29, 0.717) is 6.42 Å². The molecule has 0 spiro atoms. The second-order valence-corrected chi connectivity index (χ2v) is 5.47. The molecule has 0 bridgehead atoms. The molecule has 0 aliphatic carbocycles. The van der Waals surface area contributed by atoms with Crippen LogP contribution in [0.4, 0.5) is 9.59 Å². The van der Waals surface area contributed by atoms with E-state index in [1.165, 1.54) is 0 Å². The van der Waals surface area contributed by atoms with Crippen molar-refractivity contribution in [2.75, 3.05) is 0 Å². The zero-order valence-electron chi connectivity index (χ0n) is 11.9. The molecule has 8 nitrogen and oxygen atoms in total. The van der Waals surface area contributed by atoms with Gasteiger partial charge in [0, 0.05) is 10.0 Å². The topological polar surface area (TPSA) is 116 Å². The maximum absolute atomic E-state index is 11.6. The molecule has 0 aliphatic rings. The Bertz CT molecular complexity index is 369. The van der Waals surface area contributed by atoms with E-state index in [2.05, 4.69) is 20.7 Å². The highest BCUT2D eigenvalue weighted by Gasteiger charge is 2.20. The van der Waals surface area contributed by atoms with Crippen molar-refractivity contribution in [1.82, 2.24) is 10.6 Å². The molecule has 0 saturated carbocycles. The number of hydrogen-bond donors (Lipinski definition) is 2. The van der Waals surface area contributed by atoms with Crippen molar-refractivity contribution in [3.8, 4) is 0 Å². The summed E-state index contributed by atoms with van der Waals surface area (Å²) >= 11 is 0. The number of carbonyl (C=O) groups excluding carboxylic acids is 2. The van der Waals surface area contributed by atoms with E-state index in [1.54, 1.807) is 20.8 Å². The largest absolute Gasteiger partial charge is 0.444 e. The monoisotopic (exact) mass is 271 g/mol. The van der Waals surface area contributed by atoms with Crippen LogP contribution in [0.2, 0.25) is 0 Å². The van der Waals surface area contributed by atoms with Crippen molar-refractivity contribution in [3.63, 3.8) is 0 Å². The first-order chi connectivity index (χ1) is 8.64. The zero-order chi connectivity index (χ0) is 15.1. The lowest BCUT2D eigenvalue weighted by atomic mass is 10.1. The van der Waals surface area contributed by atoms with Gasteiger partial charge in [-0.1, -0.05) is 13.8 Å². The molecule has 0 fully saturated rings. The summed E-state index contributed by atoms with van der Waals surface area (Å²) in [7, 11) is 0. The van der Waals surface area contributed by atoms with Crippen LogP contribution in [0.1, 0.15) is 41.0 Å². The fourth-order valence-corrected chi connectivity index (χ4v) is 1.29. The first-order valence-corrected chi connectivity index (χ1v) is 5.99. The van der Waals surface area contributed by atoms with Gasteiger partial charge in [-0.3, -0.25) is 4.79 Å². The minimum absolute atomic E-state index is 0.228. The van der Waals surface area contributed by atoms with E-state index < -0.39 is 23.9 Å². The Hall–Kier alpha value is -1.95. The smallest absolute Gasteiger partial charge is 0.409 e. The van der Waals surface area contributed by atoms with Crippen molar-refractivity contribution < 1.29 is 14.3 Å². The highest BCUT2D eigenvalue weighted by atomic mass is 16.6. The molecule has 0 aromatic rings. The summed E-state index contributed by atoms with van der Waals surface area (Å²) in [6.45, 7) is 9.08. The van der Waals surface area contributed by atoms with Crippen LogP contribution in [0.5, 0.6) is 0 Å². The van der Waals surface area contributed by atoms with E-state index in [-0.39, 0.29) is 5.92 Å². The number of carbonyl (C=O) groups is 2. The summed E-state index contributed by atoms with van der Waals surface area (Å²) in [5, 5.41) is 7.80. The van der Waals surface area contributed by atoms with Gasteiger partial charge in [-0.05, 0) is 38.6 Å². The van der Waals surface area contributed by atoms with E-state index in [4.69, 9.17) is 10.3 Å². The molecule has 0 aromatic carbocycles. The summed E-state index contributed by atoms with van der Waals surface area (Å²) in [5.41, 5.74) is 7.53. The number of hydrogen-bond acceptors (Lipinski definition) is 3. The zero-order valence-corrected chi connectivity index (χ0v) is 11.9. The summed E-state index contributed by atoms with van der Waals surface area (Å²) in [6.07, 6.45) is -0.793. The van der Waals surface area contributed by atoms with Crippen LogP contribution in [0.25, 0.3) is 10.4 Å². The normalized spacial score (nSPS) is 12.3. The lowest BCUT2D eigenvalue weighted by molar-refractivity contribution is 0.0492. The molecule has 0 unspecified atom stereocenters.